The van der Waals surface area contributed by atoms with Crippen molar-refractivity contribution in [2.45, 2.75) is 23.8 Å². The zero-order valence-corrected chi connectivity index (χ0v) is 27.5. The van der Waals surface area contributed by atoms with Crippen LogP contribution in [0, 0.1) is 0 Å². The fraction of sp³-hybridized carbons (Fsp3) is 0.211. The second-order valence-electron chi connectivity index (χ2n) is 12.3. The number of anilines is 1. The lowest BCUT2D eigenvalue weighted by Gasteiger charge is -2.35. The molecule has 0 aliphatic carbocycles. The van der Waals surface area contributed by atoms with Crippen molar-refractivity contribution in [1.82, 2.24) is 19.8 Å². The van der Waals surface area contributed by atoms with E-state index in [1.165, 1.54) is 4.31 Å². The van der Waals surface area contributed by atoms with Crippen LogP contribution in [0.4, 0.5) is 5.69 Å². The number of carbonyl (C=O) groups excluding carboxylic acids is 1. The Bertz CT molecular complexity index is 2170. The zero-order valence-electron chi connectivity index (χ0n) is 26.7. The zero-order chi connectivity index (χ0) is 32.7. The minimum atomic E-state index is -3.76. The van der Waals surface area contributed by atoms with Crippen molar-refractivity contribution in [2.24, 2.45) is 0 Å². The van der Waals surface area contributed by atoms with E-state index in [9.17, 15) is 13.2 Å². The van der Waals surface area contributed by atoms with E-state index in [0.29, 0.717) is 22.9 Å². The van der Waals surface area contributed by atoms with Crippen LogP contribution in [0.1, 0.15) is 23.2 Å². The van der Waals surface area contributed by atoms with Gasteiger partial charge in [-0.1, -0.05) is 60.7 Å². The van der Waals surface area contributed by atoms with Crippen LogP contribution in [-0.4, -0.2) is 74.4 Å². The summed E-state index contributed by atoms with van der Waals surface area (Å²) in [7, 11) is 2.01. The first-order valence-corrected chi connectivity index (χ1v) is 17.3. The van der Waals surface area contributed by atoms with Crippen molar-refractivity contribution in [3.8, 4) is 22.3 Å². The van der Waals surface area contributed by atoms with Crippen LogP contribution >= 0.6 is 0 Å². The minimum absolute atomic E-state index is 0.0596. The number of H-pyrrole nitrogens is 1. The van der Waals surface area contributed by atoms with Crippen LogP contribution in [0.2, 0.25) is 0 Å². The quantitative estimate of drug-likeness (QED) is 0.202. The Morgan fingerprint density at radius 3 is 2.15 bits per heavy atom. The number of likely N-dealkylation sites (tertiary alicyclic amines) is 1. The summed E-state index contributed by atoms with van der Waals surface area (Å²) < 4.78 is 28.3. The molecule has 1 N–H and O–H groups in total. The molecular formula is C38H37N5O3S. The van der Waals surface area contributed by atoms with Gasteiger partial charge in [0.25, 0.3) is 15.9 Å². The van der Waals surface area contributed by atoms with Gasteiger partial charge in [-0.05, 0) is 80.5 Å². The summed E-state index contributed by atoms with van der Waals surface area (Å²) in [6.45, 7) is 1.51. The van der Waals surface area contributed by atoms with E-state index in [2.05, 4.69) is 36.1 Å². The molecule has 238 valence electrons. The summed E-state index contributed by atoms with van der Waals surface area (Å²) in [5, 5.41) is 1.77. The number of piperidine rings is 1. The number of aromatic amines is 1. The number of hydrogen-bond acceptors (Lipinski definition) is 5. The van der Waals surface area contributed by atoms with Gasteiger partial charge in [0.1, 0.15) is 5.65 Å². The van der Waals surface area contributed by atoms with Crippen molar-refractivity contribution in [3.63, 3.8) is 0 Å². The molecule has 4 aromatic carbocycles. The molecule has 0 radical (unpaired) electrons. The van der Waals surface area contributed by atoms with Crippen molar-refractivity contribution >= 4 is 43.6 Å². The van der Waals surface area contributed by atoms with Gasteiger partial charge >= 0.3 is 0 Å². The summed E-state index contributed by atoms with van der Waals surface area (Å²) in [4.78, 5) is 26.1. The highest BCUT2D eigenvalue weighted by atomic mass is 32.2. The molecular weight excluding hydrogens is 607 g/mol. The van der Waals surface area contributed by atoms with Gasteiger partial charge in [-0.15, -0.1) is 0 Å². The Morgan fingerprint density at radius 1 is 0.830 bits per heavy atom. The van der Waals surface area contributed by atoms with E-state index in [1.54, 1.807) is 43.4 Å². The van der Waals surface area contributed by atoms with Gasteiger partial charge in [0.15, 0.2) is 0 Å². The second-order valence-corrected chi connectivity index (χ2v) is 14.3. The van der Waals surface area contributed by atoms with Gasteiger partial charge in [0.05, 0.1) is 10.6 Å². The number of aromatic nitrogens is 2. The smallest absolute Gasteiger partial charge is 0.264 e. The summed E-state index contributed by atoms with van der Waals surface area (Å²) >= 11 is 0. The van der Waals surface area contributed by atoms with E-state index in [0.717, 1.165) is 64.5 Å². The second kappa shape index (κ2) is 12.3. The number of carbonyl (C=O) groups is 1. The number of sulfonamides is 1. The van der Waals surface area contributed by atoms with Crippen molar-refractivity contribution < 1.29 is 13.2 Å². The fourth-order valence-electron chi connectivity index (χ4n) is 6.61. The number of fused-ring (bicyclic) bond motifs is 3. The van der Waals surface area contributed by atoms with Crippen LogP contribution in [0.15, 0.2) is 114 Å². The van der Waals surface area contributed by atoms with E-state index < -0.39 is 10.0 Å². The number of rotatable bonds is 7. The number of nitrogens with one attached hydrogen (secondary N) is 1. The van der Waals surface area contributed by atoms with Crippen LogP contribution in [-0.2, 0) is 10.0 Å². The van der Waals surface area contributed by atoms with Crippen LogP contribution < -0.4 is 4.31 Å². The van der Waals surface area contributed by atoms with Crippen molar-refractivity contribution in [1.29, 1.82) is 0 Å². The number of pyridine rings is 1. The van der Waals surface area contributed by atoms with E-state index in [-0.39, 0.29) is 10.8 Å². The molecule has 1 saturated heterocycles. The highest BCUT2D eigenvalue weighted by Gasteiger charge is 2.26. The topological polar surface area (TPSA) is 89.6 Å². The van der Waals surface area contributed by atoms with Gasteiger partial charge < -0.3 is 14.8 Å². The standard InChI is InChI=1S/C38H37N5O3S/c1-41(2)29-20-22-43(23-21-29)38(44)28-16-14-26(15-17-28)33-25-39-37-36(35(33)27-10-6-4-7-11-27)32-24-30(18-19-34(32)40-37)42(3)47(45,46)31-12-8-5-9-13-31/h4-19,24-25,29H,20-23H2,1-3H3,(H,39,40). The van der Waals surface area contributed by atoms with Crippen LogP contribution in [0.5, 0.6) is 0 Å². The maximum Gasteiger partial charge on any atom is 0.264 e. The molecule has 0 spiro atoms. The first kappa shape index (κ1) is 30.7. The van der Waals surface area contributed by atoms with E-state index >= 15 is 0 Å². The Kier molecular flexibility index (Phi) is 8.03. The number of nitrogens with zero attached hydrogens (tertiary/aromatic N) is 4. The van der Waals surface area contributed by atoms with E-state index in [4.69, 9.17) is 4.98 Å². The molecule has 1 aliphatic heterocycles. The predicted octanol–water partition coefficient (Wildman–Crippen LogP) is 7.04. The Labute approximate surface area is 275 Å². The molecule has 8 nitrogen and oxygen atoms in total. The SMILES string of the molecule is CN(C)C1CCN(C(=O)c2ccc(-c3cnc4[nH]c5ccc(N(C)S(=O)(=O)c6ccccc6)cc5c4c3-c3ccccc3)cc2)CC1. The van der Waals surface area contributed by atoms with Gasteiger partial charge in [0, 0.05) is 65.4 Å². The number of amides is 1. The van der Waals surface area contributed by atoms with Gasteiger partial charge in [-0.2, -0.15) is 0 Å². The molecule has 9 heteroatoms. The molecule has 0 atom stereocenters. The third-order valence-electron chi connectivity index (χ3n) is 9.36. The first-order valence-electron chi connectivity index (χ1n) is 15.8. The molecule has 47 heavy (non-hydrogen) atoms. The summed E-state index contributed by atoms with van der Waals surface area (Å²) in [5.41, 5.74) is 6.64. The minimum Gasteiger partial charge on any atom is -0.339 e. The Morgan fingerprint density at radius 2 is 1.49 bits per heavy atom. The summed E-state index contributed by atoms with van der Waals surface area (Å²) in [6.07, 6.45) is 3.82. The lowest BCUT2D eigenvalue weighted by molar-refractivity contribution is 0.0663. The first-order chi connectivity index (χ1) is 22.7. The highest BCUT2D eigenvalue weighted by molar-refractivity contribution is 7.92. The summed E-state index contributed by atoms with van der Waals surface area (Å²) in [6, 6.07) is 32.5. The molecule has 7 rings (SSSR count). The molecule has 6 aromatic rings. The molecule has 0 saturated carbocycles. The maximum absolute atomic E-state index is 13.5. The number of hydrogen-bond donors (Lipinski definition) is 1. The molecule has 3 heterocycles. The molecule has 1 fully saturated rings. The van der Waals surface area contributed by atoms with Crippen LogP contribution in [0.3, 0.4) is 0 Å². The molecule has 2 aromatic heterocycles. The number of benzene rings is 4. The Hall–Kier alpha value is -4.99. The molecule has 0 bridgehead atoms. The predicted molar refractivity (Wildman–Crippen MR) is 189 cm³/mol. The maximum atomic E-state index is 13.5. The largest absolute Gasteiger partial charge is 0.339 e. The normalized spacial score (nSPS) is 14.3. The third-order valence-corrected chi connectivity index (χ3v) is 11.2. The van der Waals surface area contributed by atoms with Crippen LogP contribution in [0.25, 0.3) is 44.2 Å². The lowest BCUT2D eigenvalue weighted by Crippen LogP contribution is -2.44. The van der Waals surface area contributed by atoms with Crippen molar-refractivity contribution in [3.05, 3.63) is 115 Å². The monoisotopic (exact) mass is 643 g/mol. The highest BCUT2D eigenvalue weighted by Crippen LogP contribution is 2.41. The average molecular weight is 644 g/mol. The van der Waals surface area contributed by atoms with Gasteiger partial charge in [-0.25, -0.2) is 13.4 Å². The average Bonchev–Trinajstić information content (AvgIpc) is 3.49. The summed E-state index contributed by atoms with van der Waals surface area (Å²) in [5.74, 6) is 0.0596. The fourth-order valence-corrected chi connectivity index (χ4v) is 7.82. The molecule has 0 unspecified atom stereocenters. The van der Waals surface area contributed by atoms with Gasteiger partial charge in [0.2, 0.25) is 0 Å². The molecule has 1 aliphatic rings. The lowest BCUT2D eigenvalue weighted by atomic mass is 9.92. The van der Waals surface area contributed by atoms with E-state index in [1.807, 2.05) is 65.7 Å². The van der Waals surface area contributed by atoms with Crippen molar-refractivity contribution in [2.75, 3.05) is 38.5 Å². The third kappa shape index (κ3) is 5.66. The molecule has 1 amide bonds. The Balaban J connectivity index is 1.30. The van der Waals surface area contributed by atoms with Gasteiger partial charge in [-0.3, -0.25) is 9.10 Å².